The molecule has 2 rings (SSSR count). The largest absolute Gasteiger partial charge is 0.297 e. The first-order valence-electron chi connectivity index (χ1n) is 3.98. The van der Waals surface area contributed by atoms with E-state index in [1.807, 2.05) is 6.07 Å². The van der Waals surface area contributed by atoms with Crippen molar-refractivity contribution in [3.05, 3.63) is 32.2 Å². The van der Waals surface area contributed by atoms with E-state index in [9.17, 15) is 4.79 Å². The zero-order valence-corrected chi connectivity index (χ0v) is 11.6. The lowest BCUT2D eigenvalue weighted by Crippen LogP contribution is -1.83. The molecular formula is C10H6BrIOS. The standard InChI is InChI=1S/C10H6BrIOS/c11-4-8-7-3-6(5-13)14-10(7)2-1-9(8)12/h1-3,5H,4H2. The summed E-state index contributed by atoms with van der Waals surface area (Å²) in [5.74, 6) is 0. The van der Waals surface area contributed by atoms with Crippen LogP contribution in [0.1, 0.15) is 15.2 Å². The first-order valence-corrected chi connectivity index (χ1v) is 7.00. The molecule has 0 fully saturated rings. The second-order valence-electron chi connectivity index (χ2n) is 2.84. The van der Waals surface area contributed by atoms with Gasteiger partial charge in [-0.05, 0) is 51.7 Å². The Morgan fingerprint density at radius 3 is 2.93 bits per heavy atom. The number of fused-ring (bicyclic) bond motifs is 1. The summed E-state index contributed by atoms with van der Waals surface area (Å²) >= 11 is 7.33. The fourth-order valence-electron chi connectivity index (χ4n) is 1.36. The summed E-state index contributed by atoms with van der Waals surface area (Å²) in [6, 6.07) is 6.12. The van der Waals surface area contributed by atoms with Crippen LogP contribution in [0.2, 0.25) is 0 Å². The summed E-state index contributed by atoms with van der Waals surface area (Å²) < 4.78 is 2.42. The van der Waals surface area contributed by atoms with Crippen LogP contribution in [0.15, 0.2) is 18.2 Å². The second-order valence-corrected chi connectivity index (χ2v) is 5.68. The summed E-state index contributed by atoms with van der Waals surface area (Å²) in [5, 5.41) is 2.03. The molecule has 0 unspecified atom stereocenters. The lowest BCUT2D eigenvalue weighted by molar-refractivity contribution is 0.112. The van der Waals surface area contributed by atoms with E-state index in [1.165, 1.54) is 19.2 Å². The van der Waals surface area contributed by atoms with Gasteiger partial charge in [-0.1, -0.05) is 15.9 Å². The van der Waals surface area contributed by atoms with Crippen LogP contribution in [0.25, 0.3) is 10.1 Å². The molecule has 4 heteroatoms. The molecule has 0 amide bonds. The molecule has 0 N–H and O–H groups in total. The number of rotatable bonds is 2. The van der Waals surface area contributed by atoms with E-state index < -0.39 is 0 Å². The maximum Gasteiger partial charge on any atom is 0.160 e. The average molecular weight is 381 g/mol. The van der Waals surface area contributed by atoms with Gasteiger partial charge in [-0.3, -0.25) is 4.79 Å². The van der Waals surface area contributed by atoms with E-state index in [0.29, 0.717) is 0 Å². The van der Waals surface area contributed by atoms with E-state index in [4.69, 9.17) is 0 Å². The minimum atomic E-state index is 0.796. The Kier molecular flexibility index (Phi) is 3.23. The highest BCUT2D eigenvalue weighted by Gasteiger charge is 2.07. The minimum absolute atomic E-state index is 0.796. The molecule has 1 heterocycles. The van der Waals surface area contributed by atoms with Crippen molar-refractivity contribution in [1.29, 1.82) is 0 Å². The predicted molar refractivity (Wildman–Crippen MR) is 72.6 cm³/mol. The molecule has 1 nitrogen and oxygen atoms in total. The molecule has 0 aliphatic rings. The summed E-state index contributed by atoms with van der Waals surface area (Å²) in [6.07, 6.45) is 0.912. The van der Waals surface area contributed by atoms with Gasteiger partial charge in [0.05, 0.1) is 4.88 Å². The summed E-state index contributed by atoms with van der Waals surface area (Å²) in [4.78, 5) is 11.5. The first kappa shape index (κ1) is 10.6. The van der Waals surface area contributed by atoms with Gasteiger partial charge in [0.2, 0.25) is 0 Å². The molecule has 1 aromatic heterocycles. The monoisotopic (exact) mass is 380 g/mol. The average Bonchev–Trinajstić information content (AvgIpc) is 2.60. The van der Waals surface area contributed by atoms with Gasteiger partial charge in [-0.25, -0.2) is 0 Å². The van der Waals surface area contributed by atoms with Gasteiger partial charge in [0.1, 0.15) is 0 Å². The number of thiophene rings is 1. The number of aldehydes is 1. The van der Waals surface area contributed by atoms with Crippen LogP contribution >= 0.6 is 49.9 Å². The van der Waals surface area contributed by atoms with Crippen molar-refractivity contribution >= 4 is 66.2 Å². The van der Waals surface area contributed by atoms with Gasteiger partial charge in [-0.2, -0.15) is 0 Å². The van der Waals surface area contributed by atoms with Gasteiger partial charge in [0, 0.05) is 13.6 Å². The number of halogens is 2. The topological polar surface area (TPSA) is 17.1 Å². The van der Waals surface area contributed by atoms with Crippen LogP contribution in [0.4, 0.5) is 0 Å². The normalized spacial score (nSPS) is 10.7. The van der Waals surface area contributed by atoms with E-state index >= 15 is 0 Å². The molecule has 0 bridgehead atoms. The number of benzene rings is 1. The highest BCUT2D eigenvalue weighted by molar-refractivity contribution is 14.1. The van der Waals surface area contributed by atoms with Gasteiger partial charge < -0.3 is 0 Å². The lowest BCUT2D eigenvalue weighted by Gasteiger charge is -2.01. The van der Waals surface area contributed by atoms with E-state index in [0.717, 1.165) is 16.5 Å². The molecule has 0 spiro atoms. The summed E-state index contributed by atoms with van der Waals surface area (Å²) in [5.41, 5.74) is 1.27. The van der Waals surface area contributed by atoms with Crippen molar-refractivity contribution < 1.29 is 4.79 Å². The third-order valence-corrected chi connectivity index (χ3v) is 4.62. The number of alkyl halides is 1. The second kappa shape index (κ2) is 4.28. The molecule has 14 heavy (non-hydrogen) atoms. The maximum atomic E-state index is 10.7. The Bertz CT molecular complexity index is 492. The van der Waals surface area contributed by atoms with Crippen molar-refractivity contribution in [3.63, 3.8) is 0 Å². The van der Waals surface area contributed by atoms with Crippen LogP contribution in [-0.2, 0) is 5.33 Å². The highest BCUT2D eigenvalue weighted by atomic mass is 127. The fraction of sp³-hybridized carbons (Fsp3) is 0.100. The number of hydrogen-bond acceptors (Lipinski definition) is 2. The number of carbonyl (C=O) groups excluding carboxylic acids is 1. The molecule has 72 valence electrons. The smallest absolute Gasteiger partial charge is 0.160 e. The van der Waals surface area contributed by atoms with Crippen molar-refractivity contribution in [2.45, 2.75) is 5.33 Å². The Hall–Kier alpha value is 0.0600. The Labute approximate surface area is 108 Å². The van der Waals surface area contributed by atoms with E-state index in [-0.39, 0.29) is 0 Å². The van der Waals surface area contributed by atoms with Gasteiger partial charge in [0.25, 0.3) is 0 Å². The van der Waals surface area contributed by atoms with Gasteiger partial charge >= 0.3 is 0 Å². The molecule has 0 aliphatic carbocycles. The Balaban J connectivity index is 2.79. The van der Waals surface area contributed by atoms with Gasteiger partial charge in [-0.15, -0.1) is 11.3 Å². The Morgan fingerprint density at radius 2 is 2.29 bits per heavy atom. The zero-order chi connectivity index (χ0) is 10.1. The minimum Gasteiger partial charge on any atom is -0.297 e. The van der Waals surface area contributed by atoms with Crippen LogP contribution in [-0.4, -0.2) is 6.29 Å². The molecule has 2 aromatic rings. The molecule has 0 saturated heterocycles. The van der Waals surface area contributed by atoms with Crippen molar-refractivity contribution in [1.82, 2.24) is 0 Å². The summed E-state index contributed by atoms with van der Waals surface area (Å²) in [7, 11) is 0. The molecule has 0 saturated carbocycles. The van der Waals surface area contributed by atoms with Crippen molar-refractivity contribution in [3.8, 4) is 0 Å². The third-order valence-electron chi connectivity index (χ3n) is 2.02. The summed E-state index contributed by atoms with van der Waals surface area (Å²) in [6.45, 7) is 0. The molecule has 1 aromatic carbocycles. The van der Waals surface area contributed by atoms with Crippen LogP contribution in [0, 0.1) is 3.57 Å². The van der Waals surface area contributed by atoms with Crippen LogP contribution < -0.4 is 0 Å². The SMILES string of the molecule is O=Cc1cc2c(CBr)c(I)ccc2s1. The predicted octanol–water partition coefficient (Wildman–Crippen LogP) is 4.21. The molecular weight excluding hydrogens is 375 g/mol. The first-order chi connectivity index (χ1) is 6.76. The van der Waals surface area contributed by atoms with Crippen LogP contribution in [0.5, 0.6) is 0 Å². The maximum absolute atomic E-state index is 10.7. The van der Waals surface area contributed by atoms with E-state index in [1.54, 1.807) is 11.3 Å². The molecule has 0 atom stereocenters. The third kappa shape index (κ3) is 1.75. The Morgan fingerprint density at radius 1 is 1.50 bits per heavy atom. The van der Waals surface area contributed by atoms with E-state index in [2.05, 4.69) is 50.7 Å². The number of hydrogen-bond donors (Lipinski definition) is 0. The number of carbonyl (C=O) groups is 1. The highest BCUT2D eigenvalue weighted by Crippen LogP contribution is 2.31. The zero-order valence-electron chi connectivity index (χ0n) is 7.09. The van der Waals surface area contributed by atoms with Crippen molar-refractivity contribution in [2.24, 2.45) is 0 Å². The fourth-order valence-corrected chi connectivity index (χ4v) is 4.05. The molecule has 0 radical (unpaired) electrons. The molecule has 0 aliphatic heterocycles. The quantitative estimate of drug-likeness (QED) is 0.433. The van der Waals surface area contributed by atoms with Crippen molar-refractivity contribution in [2.75, 3.05) is 0 Å². The van der Waals surface area contributed by atoms with Crippen LogP contribution in [0.3, 0.4) is 0 Å². The lowest BCUT2D eigenvalue weighted by atomic mass is 10.1. The van der Waals surface area contributed by atoms with Gasteiger partial charge in [0.15, 0.2) is 6.29 Å².